The maximum atomic E-state index is 12.9. The molecule has 0 unspecified atom stereocenters. The van der Waals surface area contributed by atoms with Crippen molar-refractivity contribution in [2.75, 3.05) is 18.5 Å². The maximum Gasteiger partial charge on any atom is 0.434 e. The zero-order chi connectivity index (χ0) is 22.9. The van der Waals surface area contributed by atoms with Crippen LogP contribution in [0.4, 0.5) is 19.0 Å². The van der Waals surface area contributed by atoms with E-state index in [9.17, 15) is 18.0 Å². The van der Waals surface area contributed by atoms with E-state index in [1.807, 2.05) is 0 Å². The molecule has 0 aliphatic carbocycles. The predicted molar refractivity (Wildman–Crippen MR) is 102 cm³/mol. The first-order chi connectivity index (χ1) is 15.1. The molecule has 2 fully saturated rings. The first kappa shape index (κ1) is 22.3. The number of carbonyl (C=O) groups is 1. The number of rotatable bonds is 5. The molecule has 4 rings (SSSR count). The van der Waals surface area contributed by atoms with Crippen LogP contribution in [0.5, 0.6) is 0 Å². The topological polar surface area (TPSA) is 120 Å². The Labute approximate surface area is 180 Å². The Hall–Kier alpha value is -2.90. The van der Waals surface area contributed by atoms with Gasteiger partial charge in [0.05, 0.1) is 30.6 Å². The van der Waals surface area contributed by atoms with E-state index in [-0.39, 0.29) is 24.9 Å². The molecule has 4 atom stereocenters. The van der Waals surface area contributed by atoms with Gasteiger partial charge in [0.2, 0.25) is 0 Å². The Morgan fingerprint density at radius 3 is 2.56 bits per heavy atom. The summed E-state index contributed by atoms with van der Waals surface area (Å²) in [4.78, 5) is 27.1. The largest absolute Gasteiger partial charge is 0.434 e. The number of nitrogens with one attached hydrogen (secondary N) is 2. The summed E-state index contributed by atoms with van der Waals surface area (Å²) in [5.41, 5.74) is -0.809. The van der Waals surface area contributed by atoms with Gasteiger partial charge in [-0.3, -0.25) is 9.78 Å². The summed E-state index contributed by atoms with van der Waals surface area (Å²) in [5, 5.41) is 5.66. The molecule has 4 heterocycles. The Morgan fingerprint density at radius 2 is 1.84 bits per heavy atom. The van der Waals surface area contributed by atoms with Crippen LogP contribution in [0.15, 0.2) is 31.1 Å². The zero-order valence-corrected chi connectivity index (χ0v) is 17.2. The number of anilines is 1. The summed E-state index contributed by atoms with van der Waals surface area (Å²) in [6, 6.07) is -0.547. The van der Waals surface area contributed by atoms with Gasteiger partial charge < -0.3 is 24.8 Å². The summed E-state index contributed by atoms with van der Waals surface area (Å²) < 4.78 is 56.7. The van der Waals surface area contributed by atoms with Crippen LogP contribution in [-0.2, 0) is 20.4 Å². The van der Waals surface area contributed by atoms with Gasteiger partial charge in [-0.05, 0) is 13.8 Å². The second-order valence-corrected chi connectivity index (χ2v) is 7.81. The van der Waals surface area contributed by atoms with E-state index < -0.39 is 42.0 Å². The first-order valence-electron chi connectivity index (χ1n) is 9.78. The average Bonchev–Trinajstić information content (AvgIpc) is 3.09. The van der Waals surface area contributed by atoms with Crippen LogP contribution in [0, 0.1) is 0 Å². The van der Waals surface area contributed by atoms with Gasteiger partial charge in [0, 0.05) is 18.9 Å². The van der Waals surface area contributed by atoms with Crippen LogP contribution < -0.4 is 10.6 Å². The second-order valence-electron chi connectivity index (χ2n) is 7.81. The summed E-state index contributed by atoms with van der Waals surface area (Å²) in [6.45, 7) is 3.67. The number of amides is 1. The Bertz CT molecular complexity index is 962. The maximum absolute atomic E-state index is 12.9. The van der Waals surface area contributed by atoms with Gasteiger partial charge in [-0.2, -0.15) is 13.2 Å². The van der Waals surface area contributed by atoms with Crippen molar-refractivity contribution in [3.8, 4) is 0 Å². The minimum absolute atomic E-state index is 0.0590. The molecule has 0 radical (unpaired) electrons. The highest BCUT2D eigenvalue weighted by molar-refractivity contribution is 5.93. The van der Waals surface area contributed by atoms with E-state index in [1.165, 1.54) is 24.9 Å². The molecule has 2 aromatic rings. The van der Waals surface area contributed by atoms with Crippen molar-refractivity contribution < 1.29 is 32.2 Å². The number of fused-ring (bicyclic) bond motifs is 1. The van der Waals surface area contributed by atoms with E-state index in [0.29, 0.717) is 11.8 Å². The smallest absolute Gasteiger partial charge is 0.371 e. The summed E-state index contributed by atoms with van der Waals surface area (Å²) >= 11 is 0. The molecule has 2 aromatic heterocycles. The minimum Gasteiger partial charge on any atom is -0.371 e. The third-order valence-corrected chi connectivity index (χ3v) is 4.96. The highest BCUT2D eigenvalue weighted by Crippen LogP contribution is 2.36. The molecule has 0 spiro atoms. The number of halogens is 3. The number of carbonyl (C=O) groups excluding carboxylic acids is 1. The predicted octanol–water partition coefficient (Wildman–Crippen LogP) is 1.41. The van der Waals surface area contributed by atoms with Crippen LogP contribution in [0.25, 0.3) is 0 Å². The molecule has 2 N–H and O–H groups in total. The van der Waals surface area contributed by atoms with Crippen molar-refractivity contribution in [3.05, 3.63) is 42.4 Å². The van der Waals surface area contributed by atoms with Crippen LogP contribution in [0.1, 0.15) is 29.9 Å². The van der Waals surface area contributed by atoms with Gasteiger partial charge in [-0.15, -0.1) is 0 Å². The SMILES string of the molecule is CC1(C)O[C@@H]2[C@H](O1)[C@@H](Nc1cncc(C(F)(F)F)n1)CO[C@@H]2CNC(=O)c1cncnc1. The van der Waals surface area contributed by atoms with E-state index in [2.05, 4.69) is 30.6 Å². The van der Waals surface area contributed by atoms with E-state index >= 15 is 0 Å². The summed E-state index contributed by atoms with van der Waals surface area (Å²) in [5.74, 6) is -1.38. The fourth-order valence-corrected chi connectivity index (χ4v) is 3.61. The van der Waals surface area contributed by atoms with Crippen LogP contribution >= 0.6 is 0 Å². The lowest BCUT2D eigenvalue weighted by atomic mass is 9.98. The number of aromatic nitrogens is 4. The van der Waals surface area contributed by atoms with Crippen LogP contribution in [0.2, 0.25) is 0 Å². The number of nitrogens with zero attached hydrogens (tertiary/aromatic N) is 4. The normalized spacial score (nSPS) is 26.9. The monoisotopic (exact) mass is 454 g/mol. The Balaban J connectivity index is 1.44. The molecule has 0 bridgehead atoms. The third kappa shape index (κ3) is 4.95. The summed E-state index contributed by atoms with van der Waals surface area (Å²) in [7, 11) is 0. The second kappa shape index (κ2) is 8.56. The zero-order valence-electron chi connectivity index (χ0n) is 17.2. The van der Waals surface area contributed by atoms with Gasteiger partial charge in [0.25, 0.3) is 5.91 Å². The van der Waals surface area contributed by atoms with Gasteiger partial charge in [-0.1, -0.05) is 0 Å². The number of hydrogen-bond donors (Lipinski definition) is 2. The molecule has 10 nitrogen and oxygen atoms in total. The lowest BCUT2D eigenvalue weighted by Crippen LogP contribution is -2.57. The molecule has 32 heavy (non-hydrogen) atoms. The number of ether oxygens (including phenoxy) is 3. The van der Waals surface area contributed by atoms with Gasteiger partial charge in [0.1, 0.15) is 30.5 Å². The van der Waals surface area contributed by atoms with Crippen molar-refractivity contribution in [1.29, 1.82) is 0 Å². The molecule has 2 aliphatic heterocycles. The Morgan fingerprint density at radius 1 is 1.12 bits per heavy atom. The van der Waals surface area contributed by atoms with Crippen molar-refractivity contribution in [2.45, 2.75) is 50.2 Å². The molecule has 2 saturated heterocycles. The summed E-state index contributed by atoms with van der Waals surface area (Å²) in [6.07, 6.45) is -0.347. The first-order valence-corrected chi connectivity index (χ1v) is 9.78. The minimum atomic E-state index is -4.61. The van der Waals surface area contributed by atoms with Crippen LogP contribution in [0.3, 0.4) is 0 Å². The highest BCUT2D eigenvalue weighted by Gasteiger charge is 2.52. The highest BCUT2D eigenvalue weighted by atomic mass is 19.4. The van der Waals surface area contributed by atoms with Gasteiger partial charge >= 0.3 is 6.18 Å². The van der Waals surface area contributed by atoms with Crippen molar-refractivity contribution in [2.24, 2.45) is 0 Å². The molecule has 2 aliphatic rings. The van der Waals surface area contributed by atoms with E-state index in [1.54, 1.807) is 13.8 Å². The number of alkyl halides is 3. The fraction of sp³-hybridized carbons (Fsp3) is 0.526. The van der Waals surface area contributed by atoms with Crippen molar-refractivity contribution in [1.82, 2.24) is 25.3 Å². The van der Waals surface area contributed by atoms with Crippen molar-refractivity contribution in [3.63, 3.8) is 0 Å². The van der Waals surface area contributed by atoms with Crippen molar-refractivity contribution >= 4 is 11.7 Å². The van der Waals surface area contributed by atoms with Crippen LogP contribution in [-0.4, -0.2) is 69.1 Å². The molecule has 13 heteroatoms. The number of hydrogen-bond acceptors (Lipinski definition) is 9. The molecule has 0 saturated carbocycles. The van der Waals surface area contributed by atoms with Gasteiger partial charge in [-0.25, -0.2) is 15.0 Å². The average molecular weight is 454 g/mol. The standard InChI is InChI=1S/C19H21F3N6O4/c1-18(2)31-15-11(27-14-7-23-6-13(28-14)19(20,21)22)8-30-12(16(15)32-18)5-26-17(29)10-3-24-9-25-4-10/h3-4,6-7,9,11-12,15-16H,5,8H2,1-2H3,(H,26,29)(H,27,28)/t11-,12+,15+,16-/m0/s1. The fourth-order valence-electron chi connectivity index (χ4n) is 3.61. The Kier molecular flexibility index (Phi) is 5.97. The lowest BCUT2D eigenvalue weighted by molar-refractivity contribution is -0.153. The van der Waals surface area contributed by atoms with E-state index in [0.717, 1.165) is 0 Å². The molecular weight excluding hydrogens is 433 g/mol. The van der Waals surface area contributed by atoms with Gasteiger partial charge in [0.15, 0.2) is 11.5 Å². The quantitative estimate of drug-likeness (QED) is 0.691. The lowest BCUT2D eigenvalue weighted by Gasteiger charge is -2.37. The molecule has 1 amide bonds. The molecule has 172 valence electrons. The van der Waals surface area contributed by atoms with E-state index in [4.69, 9.17) is 14.2 Å². The third-order valence-electron chi connectivity index (χ3n) is 4.96. The molecular formula is C19H21F3N6O4. The molecule has 0 aromatic carbocycles.